The van der Waals surface area contributed by atoms with Gasteiger partial charge >= 0.3 is 0 Å². The predicted molar refractivity (Wildman–Crippen MR) is 278 cm³/mol. The van der Waals surface area contributed by atoms with Crippen LogP contribution in [0.4, 0.5) is 17.1 Å². The van der Waals surface area contributed by atoms with Crippen molar-refractivity contribution < 1.29 is 5.11 Å². The summed E-state index contributed by atoms with van der Waals surface area (Å²) in [6.07, 6.45) is 6.87. The van der Waals surface area contributed by atoms with Crippen molar-refractivity contribution in [2.75, 3.05) is 4.90 Å². The summed E-state index contributed by atoms with van der Waals surface area (Å²) in [5, 5.41) is 12.4. The Balaban J connectivity index is 1.18. The van der Waals surface area contributed by atoms with Gasteiger partial charge in [0, 0.05) is 16.8 Å². The highest BCUT2D eigenvalue weighted by Crippen LogP contribution is 2.43. The summed E-state index contributed by atoms with van der Waals surface area (Å²) in [4.78, 5) is 2.36. The Hall–Kier alpha value is -7.78. The van der Waals surface area contributed by atoms with Crippen molar-refractivity contribution in [2.24, 2.45) is 0 Å². The van der Waals surface area contributed by atoms with Gasteiger partial charge in [-0.1, -0.05) is 217 Å². The average molecular weight is 840 g/mol. The molecule has 0 bridgehead atoms. The number of benzene rings is 9. The molecule has 0 saturated heterocycles. The molecule has 0 aliphatic rings. The lowest BCUT2D eigenvalue weighted by Gasteiger charge is -2.29. The summed E-state index contributed by atoms with van der Waals surface area (Å²) in [6.45, 7) is 8.54. The van der Waals surface area contributed by atoms with Crippen LogP contribution in [-0.4, -0.2) is 5.11 Å². The van der Waals surface area contributed by atoms with Gasteiger partial charge in [-0.25, -0.2) is 0 Å². The van der Waals surface area contributed by atoms with Gasteiger partial charge in [0.1, 0.15) is 0 Å². The van der Waals surface area contributed by atoms with Crippen molar-refractivity contribution in [3.8, 4) is 0 Å². The molecule has 65 heavy (non-hydrogen) atoms. The molecule has 0 radical (unpaired) electrons. The molecular formula is C63H53NO. The van der Waals surface area contributed by atoms with Crippen molar-refractivity contribution in [1.29, 1.82) is 0 Å². The van der Waals surface area contributed by atoms with E-state index in [-0.39, 0.29) is 6.61 Å². The number of anilines is 3. The standard InChI is InChI=1S/C63H53NO/c1-44-22-29-51(30-23-44)60(52-31-24-45(2)25-32-52)42-48-26-35-56(36-27-48)64(61-38-28-49(43-65)41-47(61)4)62-39-34-50(57-20-11-12-21-59(57)62)33-37-58(55-19-13-14-46(3)40-55)63(53-15-7-5-8-16-53)54-17-9-6-10-18-54/h5-42,65H,43H2,1-4H3/b37-33+. The maximum absolute atomic E-state index is 10.1. The summed E-state index contributed by atoms with van der Waals surface area (Å²) in [6, 6.07) is 76.2. The first kappa shape index (κ1) is 42.5. The maximum atomic E-state index is 10.1. The molecule has 0 atom stereocenters. The van der Waals surface area contributed by atoms with Crippen molar-refractivity contribution in [2.45, 2.75) is 34.3 Å². The fraction of sp³-hybridized carbons (Fsp3) is 0.0794. The van der Waals surface area contributed by atoms with Crippen LogP contribution in [0.25, 0.3) is 39.6 Å². The summed E-state index contributed by atoms with van der Waals surface area (Å²) in [5.74, 6) is 0. The van der Waals surface area contributed by atoms with E-state index >= 15 is 0 Å². The van der Waals surface area contributed by atoms with Gasteiger partial charge in [-0.15, -0.1) is 0 Å². The highest BCUT2D eigenvalue weighted by atomic mass is 16.3. The molecule has 0 aromatic heterocycles. The monoisotopic (exact) mass is 839 g/mol. The van der Waals surface area contributed by atoms with Crippen LogP contribution in [0.5, 0.6) is 0 Å². The molecule has 0 heterocycles. The molecule has 9 aromatic rings. The zero-order valence-electron chi connectivity index (χ0n) is 37.5. The first-order valence-corrected chi connectivity index (χ1v) is 22.4. The second kappa shape index (κ2) is 19.3. The number of aryl methyl sites for hydroxylation is 4. The molecule has 0 unspecified atom stereocenters. The quantitative estimate of drug-likeness (QED) is 0.0979. The molecule has 0 aliphatic carbocycles. The lowest BCUT2D eigenvalue weighted by Crippen LogP contribution is -2.12. The molecule has 9 aromatic carbocycles. The van der Waals surface area contributed by atoms with E-state index in [0.29, 0.717) is 0 Å². The van der Waals surface area contributed by atoms with E-state index < -0.39 is 0 Å². The summed E-state index contributed by atoms with van der Waals surface area (Å²) < 4.78 is 0. The van der Waals surface area contributed by atoms with Crippen molar-refractivity contribution >= 4 is 56.7 Å². The van der Waals surface area contributed by atoms with E-state index in [9.17, 15) is 5.11 Å². The largest absolute Gasteiger partial charge is 0.392 e. The Morgan fingerprint density at radius 1 is 0.462 bits per heavy atom. The summed E-state index contributed by atoms with van der Waals surface area (Å²) in [7, 11) is 0. The number of rotatable bonds is 12. The molecule has 0 saturated carbocycles. The third kappa shape index (κ3) is 9.45. The predicted octanol–water partition coefficient (Wildman–Crippen LogP) is 16.3. The zero-order valence-corrected chi connectivity index (χ0v) is 37.5. The van der Waals surface area contributed by atoms with Gasteiger partial charge in [-0.3, -0.25) is 0 Å². The average Bonchev–Trinajstić information content (AvgIpc) is 3.34. The van der Waals surface area contributed by atoms with Crippen LogP contribution >= 0.6 is 0 Å². The molecule has 0 aliphatic heterocycles. The number of aliphatic hydroxyl groups excluding tert-OH is 1. The fourth-order valence-electron chi connectivity index (χ4n) is 8.80. The topological polar surface area (TPSA) is 23.5 Å². The van der Waals surface area contributed by atoms with Gasteiger partial charge in [-0.05, 0) is 130 Å². The van der Waals surface area contributed by atoms with Gasteiger partial charge in [0.25, 0.3) is 0 Å². The van der Waals surface area contributed by atoms with E-state index in [2.05, 4.69) is 257 Å². The molecule has 1 N–H and O–H groups in total. The zero-order chi connectivity index (χ0) is 44.7. The Morgan fingerprint density at radius 2 is 1.03 bits per heavy atom. The van der Waals surface area contributed by atoms with E-state index in [1.54, 1.807) is 0 Å². The normalized spacial score (nSPS) is 11.2. The SMILES string of the molecule is Cc1ccc(C(=Cc2ccc(N(c3ccc(CO)cc3C)c3ccc(/C=C/C(=C(c4ccccc4)c4ccccc4)c4cccc(C)c4)c4ccccc34)cc2)c2ccc(C)cc2)cc1. The Kier molecular flexibility index (Phi) is 12.6. The smallest absolute Gasteiger partial charge is 0.0681 e. The molecule has 316 valence electrons. The summed E-state index contributed by atoms with van der Waals surface area (Å²) in [5.41, 5.74) is 20.5. The number of hydrogen-bond acceptors (Lipinski definition) is 2. The van der Waals surface area contributed by atoms with Crippen LogP contribution in [0.15, 0.2) is 218 Å². The minimum atomic E-state index is -0.00828. The number of nitrogens with zero attached hydrogens (tertiary/aromatic N) is 1. The summed E-state index contributed by atoms with van der Waals surface area (Å²) >= 11 is 0. The highest BCUT2D eigenvalue weighted by Gasteiger charge is 2.19. The Labute approximate surface area is 384 Å². The van der Waals surface area contributed by atoms with E-state index in [1.807, 2.05) is 6.07 Å². The Bertz CT molecular complexity index is 3090. The highest BCUT2D eigenvalue weighted by molar-refractivity contribution is 6.07. The van der Waals surface area contributed by atoms with Crippen LogP contribution in [0.3, 0.4) is 0 Å². The second-order valence-corrected chi connectivity index (χ2v) is 16.9. The molecule has 0 fully saturated rings. The minimum Gasteiger partial charge on any atom is -0.392 e. The molecule has 0 amide bonds. The van der Waals surface area contributed by atoms with Crippen LogP contribution in [0, 0.1) is 27.7 Å². The van der Waals surface area contributed by atoms with Crippen LogP contribution < -0.4 is 4.90 Å². The molecule has 2 heteroatoms. The van der Waals surface area contributed by atoms with Crippen LogP contribution in [0.2, 0.25) is 0 Å². The van der Waals surface area contributed by atoms with E-state index in [0.717, 1.165) is 55.7 Å². The van der Waals surface area contributed by atoms with Gasteiger partial charge in [0.2, 0.25) is 0 Å². The first-order chi connectivity index (χ1) is 31.8. The number of aliphatic hydroxyl groups is 1. The van der Waals surface area contributed by atoms with Crippen LogP contribution in [0.1, 0.15) is 66.8 Å². The fourth-order valence-corrected chi connectivity index (χ4v) is 8.80. The van der Waals surface area contributed by atoms with E-state index in [1.165, 1.54) is 55.7 Å². The lowest BCUT2D eigenvalue weighted by molar-refractivity contribution is 0.282. The number of allylic oxidation sites excluding steroid dienone is 2. The van der Waals surface area contributed by atoms with Crippen molar-refractivity contribution in [1.82, 2.24) is 0 Å². The molecule has 9 rings (SSSR count). The molecule has 0 spiro atoms. The van der Waals surface area contributed by atoms with Gasteiger partial charge in [0.05, 0.1) is 12.3 Å². The third-order valence-corrected chi connectivity index (χ3v) is 12.2. The van der Waals surface area contributed by atoms with Gasteiger partial charge < -0.3 is 10.0 Å². The van der Waals surface area contributed by atoms with Crippen molar-refractivity contribution in [3.63, 3.8) is 0 Å². The third-order valence-electron chi connectivity index (χ3n) is 12.2. The van der Waals surface area contributed by atoms with Gasteiger partial charge in [0.15, 0.2) is 0 Å². The van der Waals surface area contributed by atoms with Crippen LogP contribution in [-0.2, 0) is 6.61 Å². The Morgan fingerprint density at radius 3 is 1.62 bits per heavy atom. The van der Waals surface area contributed by atoms with E-state index in [4.69, 9.17) is 0 Å². The van der Waals surface area contributed by atoms with Crippen molar-refractivity contribution in [3.05, 3.63) is 285 Å². The second-order valence-electron chi connectivity index (χ2n) is 16.9. The lowest BCUT2D eigenvalue weighted by atomic mass is 9.88. The molecule has 2 nitrogen and oxygen atoms in total. The molecular weight excluding hydrogens is 787 g/mol. The first-order valence-electron chi connectivity index (χ1n) is 22.4. The van der Waals surface area contributed by atoms with Gasteiger partial charge in [-0.2, -0.15) is 0 Å². The number of fused-ring (bicyclic) bond motifs is 1. The minimum absolute atomic E-state index is 0.00828. The number of hydrogen-bond donors (Lipinski definition) is 1. The maximum Gasteiger partial charge on any atom is 0.0681 e.